The molecule has 2 aromatic heterocycles. The van der Waals surface area contributed by atoms with Crippen LogP contribution in [0.3, 0.4) is 0 Å². The molecule has 198 valence electrons. The Balaban J connectivity index is 1.52. The van der Waals surface area contributed by atoms with E-state index in [-0.39, 0.29) is 17.3 Å². The molecule has 1 N–H and O–H groups in total. The van der Waals surface area contributed by atoms with E-state index in [4.69, 9.17) is 4.74 Å². The first-order chi connectivity index (χ1) is 18.4. The van der Waals surface area contributed by atoms with Crippen LogP contribution in [0, 0.1) is 17.1 Å². The third kappa shape index (κ3) is 3.88. The molecular formula is C30H34FN5O2. The number of benzene rings is 2. The minimum Gasteiger partial charge on any atom is -0.379 e. The normalized spacial score (nSPS) is 17.7. The van der Waals surface area contributed by atoms with Crippen molar-refractivity contribution in [3.8, 4) is 6.07 Å². The number of rotatable bonds is 4. The number of pyridine rings is 1. The lowest BCUT2D eigenvalue weighted by Gasteiger charge is -2.41. The van der Waals surface area contributed by atoms with E-state index in [0.717, 1.165) is 63.2 Å². The number of aromatic amines is 1. The van der Waals surface area contributed by atoms with E-state index < -0.39 is 0 Å². The second-order valence-corrected chi connectivity index (χ2v) is 10.8. The van der Waals surface area contributed by atoms with Crippen LogP contribution in [0.25, 0.3) is 32.8 Å². The molecule has 2 aliphatic rings. The number of halogens is 1. The third-order valence-corrected chi connectivity index (χ3v) is 8.40. The predicted molar refractivity (Wildman–Crippen MR) is 150 cm³/mol. The summed E-state index contributed by atoms with van der Waals surface area (Å²) < 4.78 is 24.2. The molecule has 0 amide bonds. The van der Waals surface area contributed by atoms with Gasteiger partial charge >= 0.3 is 0 Å². The summed E-state index contributed by atoms with van der Waals surface area (Å²) in [5, 5.41) is 11.1. The van der Waals surface area contributed by atoms with Crippen molar-refractivity contribution in [2.24, 2.45) is 0 Å². The molecule has 0 radical (unpaired) electrons. The van der Waals surface area contributed by atoms with Gasteiger partial charge in [-0.25, -0.2) is 4.39 Å². The summed E-state index contributed by atoms with van der Waals surface area (Å²) in [6, 6.07) is 9.78. The van der Waals surface area contributed by atoms with Crippen molar-refractivity contribution >= 4 is 38.5 Å². The standard InChI is InChI=1S/C30H34FN5O2/c1-4-20-16-23-28(26(31)27(20)35-9-7-21(8-10-35)34-11-13-38-14-12-34)36(18(2)3)30-25(29(23)37)22-6-5-19(17-32)15-24(22)33-30/h5-6,15-16,18,21,33H,4,7-14H2,1-3H3. The number of morpholine rings is 1. The fraction of sp³-hybridized carbons (Fsp3) is 0.467. The Labute approximate surface area is 221 Å². The maximum absolute atomic E-state index is 16.8. The lowest BCUT2D eigenvalue weighted by Crippen LogP contribution is -2.49. The number of ether oxygens (including phenoxy) is 1. The summed E-state index contributed by atoms with van der Waals surface area (Å²) in [5.41, 5.74) is 3.51. The van der Waals surface area contributed by atoms with E-state index in [1.165, 1.54) is 0 Å². The van der Waals surface area contributed by atoms with Gasteiger partial charge in [-0.05, 0) is 56.9 Å². The number of nitrogens with zero attached hydrogens (tertiary/aromatic N) is 4. The topological polar surface area (TPSA) is 77.3 Å². The van der Waals surface area contributed by atoms with Gasteiger partial charge in [0.25, 0.3) is 0 Å². The molecule has 8 heteroatoms. The molecule has 0 unspecified atom stereocenters. The van der Waals surface area contributed by atoms with Gasteiger partial charge in [0, 0.05) is 54.6 Å². The average Bonchev–Trinajstić information content (AvgIpc) is 3.32. The number of aromatic nitrogens is 2. The number of hydrogen-bond acceptors (Lipinski definition) is 5. The minimum absolute atomic E-state index is 0.0917. The largest absolute Gasteiger partial charge is 0.379 e. The van der Waals surface area contributed by atoms with Crippen LogP contribution in [-0.2, 0) is 11.2 Å². The van der Waals surface area contributed by atoms with E-state index in [2.05, 4.69) is 20.9 Å². The summed E-state index contributed by atoms with van der Waals surface area (Å²) in [6.07, 6.45) is 2.62. The first-order valence-electron chi connectivity index (χ1n) is 13.7. The Hall–Kier alpha value is -3.41. The molecule has 7 nitrogen and oxygen atoms in total. The van der Waals surface area contributed by atoms with Crippen molar-refractivity contribution in [1.82, 2.24) is 14.5 Å². The maximum atomic E-state index is 16.8. The van der Waals surface area contributed by atoms with Gasteiger partial charge in [-0.15, -0.1) is 0 Å². The number of fused-ring (bicyclic) bond motifs is 4. The summed E-state index contributed by atoms with van der Waals surface area (Å²) in [6.45, 7) is 11.1. The molecule has 6 rings (SSSR count). The van der Waals surface area contributed by atoms with Crippen LogP contribution in [0.1, 0.15) is 50.8 Å². The van der Waals surface area contributed by atoms with E-state index in [9.17, 15) is 10.1 Å². The maximum Gasteiger partial charge on any atom is 0.199 e. The van der Waals surface area contributed by atoms with Gasteiger partial charge in [0.15, 0.2) is 11.2 Å². The second kappa shape index (κ2) is 9.72. The first kappa shape index (κ1) is 24.9. The molecule has 2 fully saturated rings. The number of piperidine rings is 1. The van der Waals surface area contributed by atoms with Crippen molar-refractivity contribution in [3.05, 3.63) is 51.4 Å². The molecule has 0 bridgehead atoms. The zero-order chi connectivity index (χ0) is 26.6. The number of nitriles is 1. The summed E-state index contributed by atoms with van der Waals surface area (Å²) in [5.74, 6) is -0.312. The molecule has 4 heterocycles. The van der Waals surface area contributed by atoms with Crippen LogP contribution in [0.4, 0.5) is 10.1 Å². The monoisotopic (exact) mass is 515 g/mol. The van der Waals surface area contributed by atoms with Gasteiger partial charge in [-0.1, -0.05) is 13.0 Å². The molecule has 0 spiro atoms. The smallest absolute Gasteiger partial charge is 0.199 e. The third-order valence-electron chi connectivity index (χ3n) is 8.40. The number of H-pyrrole nitrogens is 1. The predicted octanol–water partition coefficient (Wildman–Crippen LogP) is 5.09. The van der Waals surface area contributed by atoms with Crippen LogP contribution < -0.4 is 10.3 Å². The SMILES string of the molecule is CCc1cc2c(=O)c3c4ccc(C#N)cc4[nH]c3n(C(C)C)c2c(F)c1N1CCC(N2CCOCC2)CC1. The zero-order valence-corrected chi connectivity index (χ0v) is 22.3. The van der Waals surface area contributed by atoms with E-state index in [0.29, 0.717) is 51.2 Å². The molecule has 2 saturated heterocycles. The minimum atomic E-state index is -0.312. The highest BCUT2D eigenvalue weighted by Gasteiger charge is 2.30. The highest BCUT2D eigenvalue weighted by molar-refractivity contribution is 6.10. The van der Waals surface area contributed by atoms with Crippen molar-refractivity contribution in [1.29, 1.82) is 5.26 Å². The van der Waals surface area contributed by atoms with Crippen LogP contribution >= 0.6 is 0 Å². The lowest BCUT2D eigenvalue weighted by molar-refractivity contribution is 0.0115. The quantitative estimate of drug-likeness (QED) is 0.410. The Morgan fingerprint density at radius 3 is 2.53 bits per heavy atom. The average molecular weight is 516 g/mol. The van der Waals surface area contributed by atoms with E-state index in [1.54, 1.807) is 12.1 Å². The Kier molecular flexibility index (Phi) is 6.37. The molecule has 0 saturated carbocycles. The Bertz CT molecular complexity index is 1630. The lowest BCUT2D eigenvalue weighted by atomic mass is 9.98. The number of aryl methyl sites for hydroxylation is 1. The molecular weight excluding hydrogens is 481 g/mol. The van der Waals surface area contributed by atoms with E-state index >= 15 is 4.39 Å². The highest BCUT2D eigenvalue weighted by atomic mass is 19.1. The van der Waals surface area contributed by atoms with Crippen LogP contribution in [0.5, 0.6) is 0 Å². The molecule has 0 aliphatic carbocycles. The number of hydrogen-bond donors (Lipinski definition) is 1. The van der Waals surface area contributed by atoms with Crippen molar-refractivity contribution in [2.75, 3.05) is 44.3 Å². The van der Waals surface area contributed by atoms with Crippen molar-refractivity contribution in [3.63, 3.8) is 0 Å². The molecule has 2 aliphatic heterocycles. The fourth-order valence-electron chi connectivity index (χ4n) is 6.53. The van der Waals surface area contributed by atoms with Crippen molar-refractivity contribution < 1.29 is 9.13 Å². The van der Waals surface area contributed by atoms with Crippen LogP contribution in [0.15, 0.2) is 29.1 Å². The van der Waals surface area contributed by atoms with Gasteiger partial charge in [0.1, 0.15) is 5.65 Å². The van der Waals surface area contributed by atoms with Crippen LogP contribution in [0.2, 0.25) is 0 Å². The Morgan fingerprint density at radius 1 is 1.13 bits per heavy atom. The zero-order valence-electron chi connectivity index (χ0n) is 22.3. The van der Waals surface area contributed by atoms with Gasteiger partial charge in [0.2, 0.25) is 0 Å². The summed E-state index contributed by atoms with van der Waals surface area (Å²) >= 11 is 0. The van der Waals surface area contributed by atoms with Gasteiger partial charge in [-0.2, -0.15) is 5.26 Å². The first-order valence-corrected chi connectivity index (χ1v) is 13.7. The van der Waals surface area contributed by atoms with E-state index in [1.807, 2.05) is 37.5 Å². The highest BCUT2D eigenvalue weighted by Crippen LogP contribution is 2.37. The van der Waals surface area contributed by atoms with Gasteiger partial charge in [0.05, 0.1) is 41.4 Å². The molecule has 4 aromatic rings. The second-order valence-electron chi connectivity index (χ2n) is 10.8. The summed E-state index contributed by atoms with van der Waals surface area (Å²) in [4.78, 5) is 22.0. The number of anilines is 1. The number of nitrogens with one attached hydrogen (secondary N) is 1. The summed E-state index contributed by atoms with van der Waals surface area (Å²) in [7, 11) is 0. The Morgan fingerprint density at radius 2 is 1.87 bits per heavy atom. The van der Waals surface area contributed by atoms with Crippen molar-refractivity contribution in [2.45, 2.75) is 52.1 Å². The van der Waals surface area contributed by atoms with Gasteiger partial charge < -0.3 is 19.2 Å². The fourth-order valence-corrected chi connectivity index (χ4v) is 6.53. The molecule has 2 aromatic carbocycles. The molecule has 38 heavy (non-hydrogen) atoms. The molecule has 0 atom stereocenters. The van der Waals surface area contributed by atoms with Crippen LogP contribution in [-0.4, -0.2) is 59.9 Å². The van der Waals surface area contributed by atoms with Gasteiger partial charge in [-0.3, -0.25) is 9.69 Å².